The molecule has 1 fully saturated rings. The Balaban J connectivity index is 1.74. The molecule has 132 valence electrons. The number of nitrogens with two attached hydrogens (primary N) is 1. The molecule has 1 aromatic heterocycles. The first-order chi connectivity index (χ1) is 12.0. The number of likely N-dealkylation sites (tertiary alicyclic amines) is 1. The smallest absolute Gasteiger partial charge is 0.318 e. The number of imide groups is 1. The quantitative estimate of drug-likeness (QED) is 0.882. The number of nitrogens with zero attached hydrogens (tertiary/aromatic N) is 3. The Labute approximate surface area is 146 Å². The fourth-order valence-corrected chi connectivity index (χ4v) is 3.50. The van der Waals surface area contributed by atoms with Gasteiger partial charge in [-0.15, -0.1) is 0 Å². The molecule has 1 atom stereocenters. The van der Waals surface area contributed by atoms with E-state index in [1.54, 1.807) is 0 Å². The van der Waals surface area contributed by atoms with Crippen LogP contribution in [0.15, 0.2) is 42.7 Å². The average Bonchev–Trinajstić information content (AvgIpc) is 3.02. The van der Waals surface area contributed by atoms with Crippen LogP contribution in [0.25, 0.3) is 0 Å². The van der Waals surface area contributed by atoms with E-state index in [-0.39, 0.29) is 5.91 Å². The predicted molar refractivity (Wildman–Crippen MR) is 93.7 cm³/mol. The molecule has 7 nitrogen and oxygen atoms in total. The Morgan fingerprint density at radius 3 is 2.48 bits per heavy atom. The lowest BCUT2D eigenvalue weighted by atomic mass is 9.90. The number of aromatic nitrogens is 2. The molecule has 1 aromatic carbocycles. The summed E-state index contributed by atoms with van der Waals surface area (Å²) >= 11 is 0. The van der Waals surface area contributed by atoms with Gasteiger partial charge in [-0.25, -0.2) is 4.79 Å². The van der Waals surface area contributed by atoms with Crippen LogP contribution in [0.5, 0.6) is 0 Å². The molecule has 7 heteroatoms. The second-order valence-electron chi connectivity index (χ2n) is 6.42. The third-order valence-electron chi connectivity index (χ3n) is 4.70. The number of rotatable bonds is 4. The van der Waals surface area contributed by atoms with Gasteiger partial charge in [0.25, 0.3) is 0 Å². The Hall–Kier alpha value is -2.67. The summed E-state index contributed by atoms with van der Waals surface area (Å²) < 4.78 is 1.81. The van der Waals surface area contributed by atoms with Gasteiger partial charge in [0.15, 0.2) is 0 Å². The second kappa shape index (κ2) is 7.48. The summed E-state index contributed by atoms with van der Waals surface area (Å²) in [6, 6.07) is 8.16. The van der Waals surface area contributed by atoms with Crippen molar-refractivity contribution in [1.29, 1.82) is 0 Å². The standard InChI is InChI=1S/C18H23N5O2/c1-22-12-15(11-20-22)13-7-9-23(10-8-13)16(17(24)21-18(19)25)14-5-3-2-4-6-14/h2-6,11-13,16H,7-10H2,1H3,(H3,19,21,24,25)/t16-/m0/s1. The summed E-state index contributed by atoms with van der Waals surface area (Å²) in [4.78, 5) is 25.8. The minimum Gasteiger partial charge on any atom is -0.351 e. The molecule has 0 bridgehead atoms. The normalized spacial score (nSPS) is 17.2. The van der Waals surface area contributed by atoms with Gasteiger partial charge in [-0.3, -0.25) is 19.7 Å². The highest BCUT2D eigenvalue weighted by Gasteiger charge is 2.32. The van der Waals surface area contributed by atoms with Gasteiger partial charge in [-0.2, -0.15) is 5.10 Å². The maximum atomic E-state index is 12.5. The van der Waals surface area contributed by atoms with E-state index in [0.29, 0.717) is 5.92 Å². The van der Waals surface area contributed by atoms with Crippen molar-refractivity contribution in [3.8, 4) is 0 Å². The fourth-order valence-electron chi connectivity index (χ4n) is 3.50. The number of piperidine rings is 1. The van der Waals surface area contributed by atoms with Crippen LogP contribution in [-0.2, 0) is 11.8 Å². The number of benzene rings is 1. The maximum absolute atomic E-state index is 12.5. The molecule has 0 unspecified atom stereocenters. The molecule has 0 saturated carbocycles. The summed E-state index contributed by atoms with van der Waals surface area (Å²) in [5.41, 5.74) is 7.24. The molecule has 0 aliphatic carbocycles. The lowest BCUT2D eigenvalue weighted by molar-refractivity contribution is -0.126. The molecule has 3 amide bonds. The van der Waals surface area contributed by atoms with Crippen LogP contribution in [0, 0.1) is 0 Å². The van der Waals surface area contributed by atoms with Gasteiger partial charge < -0.3 is 5.73 Å². The van der Waals surface area contributed by atoms with Crippen molar-refractivity contribution in [2.24, 2.45) is 12.8 Å². The molecule has 1 saturated heterocycles. The summed E-state index contributed by atoms with van der Waals surface area (Å²) in [5, 5.41) is 6.47. The van der Waals surface area contributed by atoms with Crippen molar-refractivity contribution >= 4 is 11.9 Å². The number of carbonyl (C=O) groups excluding carboxylic acids is 2. The van der Waals surface area contributed by atoms with Gasteiger partial charge in [0, 0.05) is 13.2 Å². The van der Waals surface area contributed by atoms with Crippen molar-refractivity contribution < 1.29 is 9.59 Å². The Morgan fingerprint density at radius 1 is 1.24 bits per heavy atom. The summed E-state index contributed by atoms with van der Waals surface area (Å²) in [6.07, 6.45) is 5.85. The lowest BCUT2D eigenvalue weighted by Gasteiger charge is -2.36. The SMILES string of the molecule is Cn1cc(C2CCN([C@H](C(=O)NC(N)=O)c3ccccc3)CC2)cn1. The van der Waals surface area contributed by atoms with E-state index in [1.165, 1.54) is 5.56 Å². The third kappa shape index (κ3) is 4.06. The van der Waals surface area contributed by atoms with Crippen LogP contribution < -0.4 is 11.1 Å². The van der Waals surface area contributed by atoms with E-state index in [4.69, 9.17) is 5.73 Å². The molecule has 2 aromatic rings. The molecule has 3 N–H and O–H groups in total. The van der Waals surface area contributed by atoms with Crippen molar-refractivity contribution in [3.63, 3.8) is 0 Å². The van der Waals surface area contributed by atoms with Crippen LogP contribution in [-0.4, -0.2) is 39.7 Å². The third-order valence-corrected chi connectivity index (χ3v) is 4.70. The van der Waals surface area contributed by atoms with Crippen molar-refractivity contribution in [2.45, 2.75) is 24.8 Å². The number of hydrogen-bond donors (Lipinski definition) is 2. The van der Waals surface area contributed by atoms with E-state index < -0.39 is 12.1 Å². The van der Waals surface area contributed by atoms with Crippen LogP contribution in [0.2, 0.25) is 0 Å². The number of amides is 3. The predicted octanol–water partition coefficient (Wildman–Crippen LogP) is 1.54. The molecular formula is C18H23N5O2. The number of carbonyl (C=O) groups is 2. The zero-order chi connectivity index (χ0) is 17.8. The number of hydrogen-bond acceptors (Lipinski definition) is 4. The number of urea groups is 1. The van der Waals surface area contributed by atoms with E-state index in [2.05, 4.69) is 21.5 Å². The lowest BCUT2D eigenvalue weighted by Crippen LogP contribution is -2.46. The van der Waals surface area contributed by atoms with Gasteiger partial charge >= 0.3 is 6.03 Å². The van der Waals surface area contributed by atoms with Crippen LogP contribution in [0.4, 0.5) is 4.79 Å². The summed E-state index contributed by atoms with van der Waals surface area (Å²) in [6.45, 7) is 1.54. The molecular weight excluding hydrogens is 318 g/mol. The Bertz CT molecular complexity index is 735. The first-order valence-electron chi connectivity index (χ1n) is 8.42. The minimum absolute atomic E-state index is 0.376. The van der Waals surface area contributed by atoms with Crippen molar-refractivity contribution in [2.75, 3.05) is 13.1 Å². The van der Waals surface area contributed by atoms with Gasteiger partial charge in [0.1, 0.15) is 6.04 Å². The van der Waals surface area contributed by atoms with Gasteiger partial charge in [0.2, 0.25) is 5.91 Å². The first kappa shape index (κ1) is 17.2. The highest BCUT2D eigenvalue weighted by Crippen LogP contribution is 2.32. The summed E-state index contributed by atoms with van der Waals surface area (Å²) in [5.74, 6) is 0.0686. The Morgan fingerprint density at radius 2 is 1.92 bits per heavy atom. The van der Waals surface area contributed by atoms with Gasteiger partial charge in [0.05, 0.1) is 6.20 Å². The topological polar surface area (TPSA) is 93.3 Å². The largest absolute Gasteiger partial charge is 0.351 e. The van der Waals surface area contributed by atoms with E-state index >= 15 is 0 Å². The van der Waals surface area contributed by atoms with Gasteiger partial charge in [-0.1, -0.05) is 30.3 Å². The van der Waals surface area contributed by atoms with Gasteiger partial charge in [-0.05, 0) is 43.0 Å². The zero-order valence-electron chi connectivity index (χ0n) is 14.3. The summed E-state index contributed by atoms with van der Waals surface area (Å²) in [7, 11) is 1.91. The van der Waals surface area contributed by atoms with Crippen molar-refractivity contribution in [3.05, 3.63) is 53.9 Å². The highest BCUT2D eigenvalue weighted by molar-refractivity contribution is 5.96. The van der Waals surface area contributed by atoms with E-state index in [0.717, 1.165) is 31.5 Å². The Kier molecular flexibility index (Phi) is 5.14. The fraction of sp³-hybridized carbons (Fsp3) is 0.389. The number of primary amides is 1. The van der Waals surface area contributed by atoms with Crippen LogP contribution >= 0.6 is 0 Å². The first-order valence-corrected chi connectivity index (χ1v) is 8.42. The second-order valence-corrected chi connectivity index (χ2v) is 6.42. The number of aryl methyl sites for hydroxylation is 1. The molecule has 0 spiro atoms. The van der Waals surface area contributed by atoms with Crippen LogP contribution in [0.1, 0.15) is 35.9 Å². The maximum Gasteiger partial charge on any atom is 0.318 e. The van der Waals surface area contributed by atoms with E-state index in [1.807, 2.05) is 48.3 Å². The molecule has 1 aliphatic rings. The van der Waals surface area contributed by atoms with Crippen molar-refractivity contribution in [1.82, 2.24) is 20.0 Å². The number of nitrogens with one attached hydrogen (secondary N) is 1. The highest BCUT2D eigenvalue weighted by atomic mass is 16.2. The zero-order valence-corrected chi connectivity index (χ0v) is 14.3. The van der Waals surface area contributed by atoms with Crippen LogP contribution in [0.3, 0.4) is 0 Å². The molecule has 3 rings (SSSR count). The average molecular weight is 341 g/mol. The molecule has 0 radical (unpaired) electrons. The molecule has 2 heterocycles. The molecule has 1 aliphatic heterocycles. The minimum atomic E-state index is -0.823. The molecule has 25 heavy (non-hydrogen) atoms. The monoisotopic (exact) mass is 341 g/mol. The van der Waals surface area contributed by atoms with E-state index in [9.17, 15) is 9.59 Å².